The number of nitrogens with one attached hydrogen (secondary N) is 1. The molecule has 2 heterocycles. The van der Waals surface area contributed by atoms with Gasteiger partial charge in [-0.3, -0.25) is 9.59 Å². The van der Waals surface area contributed by atoms with E-state index in [2.05, 4.69) is 15.5 Å². The first kappa shape index (κ1) is 21.6. The minimum atomic E-state index is -0.216. The van der Waals surface area contributed by atoms with E-state index >= 15 is 0 Å². The smallest absolute Gasteiger partial charge is 0.229 e. The number of amides is 2. The first-order chi connectivity index (χ1) is 12.5. The molecule has 1 aliphatic carbocycles. The molecule has 0 aromatic carbocycles. The van der Waals surface area contributed by atoms with E-state index in [1.54, 1.807) is 4.90 Å². The van der Waals surface area contributed by atoms with E-state index in [1.807, 2.05) is 0 Å². The zero-order valence-corrected chi connectivity index (χ0v) is 16.7. The molecule has 9 heteroatoms. The van der Waals surface area contributed by atoms with Crippen LogP contribution in [0.2, 0.25) is 0 Å². The maximum absolute atomic E-state index is 12.5. The quantitative estimate of drug-likeness (QED) is 0.773. The van der Waals surface area contributed by atoms with Gasteiger partial charge in [-0.25, -0.2) is 0 Å². The number of carbonyl (C=O) groups excluding carboxylic acids is 2. The second-order valence-corrected chi connectivity index (χ2v) is 7.53. The molecule has 2 atom stereocenters. The molecule has 152 valence electrons. The fourth-order valence-electron chi connectivity index (χ4n) is 3.84. The van der Waals surface area contributed by atoms with Gasteiger partial charge in [0.1, 0.15) is 0 Å². The summed E-state index contributed by atoms with van der Waals surface area (Å²) >= 11 is 0. The Labute approximate surface area is 166 Å². The van der Waals surface area contributed by atoms with Crippen molar-refractivity contribution in [2.75, 3.05) is 19.6 Å². The van der Waals surface area contributed by atoms with Gasteiger partial charge in [0, 0.05) is 44.9 Å². The molecule has 8 nitrogen and oxygen atoms in total. The predicted molar refractivity (Wildman–Crippen MR) is 102 cm³/mol. The molecular formula is C18H30ClN5O3. The van der Waals surface area contributed by atoms with Crippen molar-refractivity contribution in [2.45, 2.75) is 63.8 Å². The Bertz CT molecular complexity index is 632. The SMILES string of the molecule is CC(=O)N1C[C@@H](N)CC[C@@H](C(=O)NCCc2noc(C3CCCC3)n2)C1.Cl. The van der Waals surface area contributed by atoms with Crippen LogP contribution < -0.4 is 11.1 Å². The second kappa shape index (κ2) is 10.0. The van der Waals surface area contributed by atoms with E-state index in [-0.39, 0.29) is 36.2 Å². The molecule has 2 aliphatic rings. The Morgan fingerprint density at radius 2 is 1.96 bits per heavy atom. The largest absolute Gasteiger partial charge is 0.355 e. The maximum Gasteiger partial charge on any atom is 0.229 e. The van der Waals surface area contributed by atoms with Crippen LogP contribution in [0, 0.1) is 5.92 Å². The van der Waals surface area contributed by atoms with Gasteiger partial charge in [-0.15, -0.1) is 12.4 Å². The molecule has 1 saturated heterocycles. The Balaban J connectivity index is 0.00000261. The minimum Gasteiger partial charge on any atom is -0.355 e. The van der Waals surface area contributed by atoms with Crippen molar-refractivity contribution in [3.05, 3.63) is 11.7 Å². The lowest BCUT2D eigenvalue weighted by Crippen LogP contribution is -2.42. The number of halogens is 1. The molecule has 3 rings (SSSR count). The van der Waals surface area contributed by atoms with Gasteiger partial charge in [0.2, 0.25) is 17.7 Å². The van der Waals surface area contributed by atoms with Crippen LogP contribution in [0.25, 0.3) is 0 Å². The summed E-state index contributed by atoms with van der Waals surface area (Å²) in [4.78, 5) is 30.3. The van der Waals surface area contributed by atoms with Crippen LogP contribution >= 0.6 is 12.4 Å². The Hall–Kier alpha value is -1.67. The highest BCUT2D eigenvalue weighted by Crippen LogP contribution is 2.32. The summed E-state index contributed by atoms with van der Waals surface area (Å²) in [6.45, 7) is 2.94. The molecule has 1 aromatic heterocycles. The van der Waals surface area contributed by atoms with Crippen LogP contribution in [0.1, 0.15) is 63.1 Å². The summed E-state index contributed by atoms with van der Waals surface area (Å²) in [6.07, 6.45) is 6.68. The summed E-state index contributed by atoms with van der Waals surface area (Å²) < 4.78 is 5.36. The van der Waals surface area contributed by atoms with E-state index in [0.29, 0.717) is 44.2 Å². The highest BCUT2D eigenvalue weighted by atomic mass is 35.5. The highest BCUT2D eigenvalue weighted by Gasteiger charge is 2.28. The summed E-state index contributed by atoms with van der Waals surface area (Å²) in [7, 11) is 0. The molecule has 27 heavy (non-hydrogen) atoms. The molecule has 1 aromatic rings. The summed E-state index contributed by atoms with van der Waals surface area (Å²) in [5.41, 5.74) is 6.00. The van der Waals surface area contributed by atoms with E-state index in [4.69, 9.17) is 10.3 Å². The molecule has 0 spiro atoms. The molecule has 3 N–H and O–H groups in total. The topological polar surface area (TPSA) is 114 Å². The van der Waals surface area contributed by atoms with E-state index in [1.165, 1.54) is 19.8 Å². The highest BCUT2D eigenvalue weighted by molar-refractivity contribution is 5.85. The third-order valence-corrected chi connectivity index (χ3v) is 5.43. The zero-order valence-electron chi connectivity index (χ0n) is 15.9. The number of carbonyl (C=O) groups is 2. The lowest BCUT2D eigenvalue weighted by Gasteiger charge is -2.23. The number of hydrogen-bond donors (Lipinski definition) is 2. The van der Waals surface area contributed by atoms with E-state index < -0.39 is 0 Å². The van der Waals surface area contributed by atoms with Crippen molar-refractivity contribution in [1.29, 1.82) is 0 Å². The molecule has 1 saturated carbocycles. The van der Waals surface area contributed by atoms with Crippen LogP contribution in [-0.2, 0) is 16.0 Å². The summed E-state index contributed by atoms with van der Waals surface area (Å²) in [6, 6.07) is -0.0648. The fourth-order valence-corrected chi connectivity index (χ4v) is 3.84. The van der Waals surface area contributed by atoms with Crippen molar-refractivity contribution in [2.24, 2.45) is 11.7 Å². The summed E-state index contributed by atoms with van der Waals surface area (Å²) in [5, 5.41) is 6.97. The Morgan fingerprint density at radius 3 is 2.67 bits per heavy atom. The standard InChI is InChI=1S/C18H29N5O3.ClH/c1-12(24)23-10-14(6-7-15(19)11-23)17(25)20-9-8-16-21-18(26-22-16)13-4-2-3-5-13;/h13-15H,2-11,19H2,1H3,(H,20,25);1H/t14-,15+;/m1./s1. The van der Waals surface area contributed by atoms with Gasteiger partial charge in [-0.2, -0.15) is 4.98 Å². The first-order valence-electron chi connectivity index (χ1n) is 9.64. The third-order valence-electron chi connectivity index (χ3n) is 5.43. The van der Waals surface area contributed by atoms with Gasteiger partial charge in [0.05, 0.1) is 5.92 Å². The van der Waals surface area contributed by atoms with Crippen molar-refractivity contribution in [3.63, 3.8) is 0 Å². The fraction of sp³-hybridized carbons (Fsp3) is 0.778. The number of aromatic nitrogens is 2. The Kier molecular flexibility index (Phi) is 8.04. The number of likely N-dealkylation sites (tertiary alicyclic amines) is 1. The van der Waals surface area contributed by atoms with Crippen molar-refractivity contribution in [3.8, 4) is 0 Å². The van der Waals surface area contributed by atoms with Crippen LogP contribution in [0.5, 0.6) is 0 Å². The molecule has 0 bridgehead atoms. The average molecular weight is 400 g/mol. The van der Waals surface area contributed by atoms with Gasteiger partial charge in [0.25, 0.3) is 0 Å². The molecular weight excluding hydrogens is 370 g/mol. The van der Waals surface area contributed by atoms with Crippen molar-refractivity contribution >= 4 is 24.2 Å². The van der Waals surface area contributed by atoms with Crippen molar-refractivity contribution < 1.29 is 14.1 Å². The molecule has 0 unspecified atom stereocenters. The van der Waals surface area contributed by atoms with E-state index in [9.17, 15) is 9.59 Å². The van der Waals surface area contributed by atoms with Crippen LogP contribution in [0.3, 0.4) is 0 Å². The Morgan fingerprint density at radius 1 is 1.22 bits per heavy atom. The molecule has 0 radical (unpaired) electrons. The number of hydrogen-bond acceptors (Lipinski definition) is 6. The monoisotopic (exact) mass is 399 g/mol. The lowest BCUT2D eigenvalue weighted by molar-refractivity contribution is -0.131. The summed E-state index contributed by atoms with van der Waals surface area (Å²) in [5.74, 6) is 1.49. The molecule has 2 amide bonds. The lowest BCUT2D eigenvalue weighted by atomic mass is 10.0. The van der Waals surface area contributed by atoms with E-state index in [0.717, 1.165) is 25.2 Å². The van der Waals surface area contributed by atoms with Crippen LogP contribution in [-0.4, -0.2) is 52.5 Å². The zero-order chi connectivity index (χ0) is 18.5. The number of nitrogens with zero attached hydrogens (tertiary/aromatic N) is 3. The van der Waals surface area contributed by atoms with Crippen LogP contribution in [0.4, 0.5) is 0 Å². The second-order valence-electron chi connectivity index (χ2n) is 7.53. The number of nitrogens with two attached hydrogens (primary N) is 1. The average Bonchev–Trinajstić information content (AvgIpc) is 3.24. The molecule has 1 aliphatic heterocycles. The van der Waals surface area contributed by atoms with Gasteiger partial charge < -0.3 is 20.5 Å². The predicted octanol–water partition coefficient (Wildman–Crippen LogP) is 1.39. The molecule has 2 fully saturated rings. The van der Waals surface area contributed by atoms with Gasteiger partial charge in [0.15, 0.2) is 5.82 Å². The van der Waals surface area contributed by atoms with Gasteiger partial charge >= 0.3 is 0 Å². The van der Waals surface area contributed by atoms with Gasteiger partial charge in [-0.1, -0.05) is 18.0 Å². The normalized spacial score (nSPS) is 23.6. The number of rotatable bonds is 5. The maximum atomic E-state index is 12.5. The third kappa shape index (κ3) is 5.90. The van der Waals surface area contributed by atoms with Crippen molar-refractivity contribution in [1.82, 2.24) is 20.4 Å². The van der Waals surface area contributed by atoms with Crippen LogP contribution in [0.15, 0.2) is 4.52 Å². The van der Waals surface area contributed by atoms with Gasteiger partial charge in [-0.05, 0) is 25.7 Å². The first-order valence-corrected chi connectivity index (χ1v) is 9.64. The minimum absolute atomic E-state index is 0.